The quantitative estimate of drug-likeness (QED) is 0.276. The summed E-state index contributed by atoms with van der Waals surface area (Å²) in [6.07, 6.45) is 9.96. The number of fused-ring (bicyclic) bond motifs is 1. The fourth-order valence-corrected chi connectivity index (χ4v) is 4.68. The molecule has 6 N–H and O–H groups in total. The van der Waals surface area contributed by atoms with E-state index in [0.717, 1.165) is 45.2 Å². The maximum atomic E-state index is 12.0. The zero-order valence-corrected chi connectivity index (χ0v) is 17.9. The summed E-state index contributed by atoms with van der Waals surface area (Å²) in [7, 11) is 0. The molecule has 3 aliphatic rings. The lowest BCUT2D eigenvalue weighted by Crippen LogP contribution is -2.71. The number of rotatable bonds is 10. The summed E-state index contributed by atoms with van der Waals surface area (Å²) >= 11 is 0. The first-order valence-electron chi connectivity index (χ1n) is 11.7. The number of amides is 3. The molecule has 3 amide bonds. The number of nitrogens with one attached hydrogen (secondary N) is 6. The van der Waals surface area contributed by atoms with Crippen LogP contribution in [0.4, 0.5) is 0 Å². The summed E-state index contributed by atoms with van der Waals surface area (Å²) in [5.74, 6) is 0.135. The van der Waals surface area contributed by atoms with Crippen molar-refractivity contribution in [1.82, 2.24) is 32.1 Å². The highest BCUT2D eigenvalue weighted by Crippen LogP contribution is 2.20. The smallest absolute Gasteiger partial charge is 0.238 e. The van der Waals surface area contributed by atoms with Gasteiger partial charge in [0.1, 0.15) is 0 Å². The Labute approximate surface area is 179 Å². The summed E-state index contributed by atoms with van der Waals surface area (Å²) in [5, 5.41) is 12.9. The van der Waals surface area contributed by atoms with Crippen molar-refractivity contribution in [3.05, 3.63) is 0 Å². The van der Waals surface area contributed by atoms with Gasteiger partial charge in [-0.05, 0) is 51.6 Å². The van der Waals surface area contributed by atoms with E-state index >= 15 is 0 Å². The highest BCUT2D eigenvalue weighted by atomic mass is 16.2. The third-order valence-electron chi connectivity index (χ3n) is 6.37. The van der Waals surface area contributed by atoms with E-state index < -0.39 is 0 Å². The summed E-state index contributed by atoms with van der Waals surface area (Å²) < 4.78 is 0. The molecule has 0 radical (unpaired) electrons. The van der Waals surface area contributed by atoms with Crippen LogP contribution in [-0.2, 0) is 14.4 Å². The van der Waals surface area contributed by atoms with E-state index in [9.17, 15) is 14.4 Å². The Morgan fingerprint density at radius 2 is 1.73 bits per heavy atom. The fourth-order valence-electron chi connectivity index (χ4n) is 4.68. The molecule has 1 saturated carbocycles. The van der Waals surface area contributed by atoms with Crippen molar-refractivity contribution in [1.29, 1.82) is 0 Å². The van der Waals surface area contributed by atoms with E-state index in [1.807, 2.05) is 0 Å². The van der Waals surface area contributed by atoms with Crippen LogP contribution < -0.4 is 32.1 Å². The summed E-state index contributed by atoms with van der Waals surface area (Å²) in [4.78, 5) is 35.9. The maximum absolute atomic E-state index is 12.0. The Kier molecular flexibility index (Phi) is 9.35. The van der Waals surface area contributed by atoms with Gasteiger partial charge in [-0.15, -0.1) is 0 Å². The normalized spacial score (nSPS) is 27.1. The average molecular weight is 423 g/mol. The monoisotopic (exact) mass is 422 g/mol. The van der Waals surface area contributed by atoms with Crippen LogP contribution in [0.3, 0.4) is 0 Å². The first-order chi connectivity index (χ1) is 14.6. The second-order valence-corrected chi connectivity index (χ2v) is 8.75. The van der Waals surface area contributed by atoms with E-state index in [4.69, 9.17) is 0 Å². The largest absolute Gasteiger partial charge is 0.356 e. The number of hydrogen-bond donors (Lipinski definition) is 6. The van der Waals surface area contributed by atoms with Gasteiger partial charge in [-0.3, -0.25) is 25.1 Å². The van der Waals surface area contributed by atoms with E-state index in [2.05, 4.69) is 32.1 Å². The van der Waals surface area contributed by atoms with Crippen LogP contribution in [0.2, 0.25) is 0 Å². The van der Waals surface area contributed by atoms with Crippen molar-refractivity contribution < 1.29 is 14.4 Å². The zero-order valence-electron chi connectivity index (χ0n) is 17.9. The molecule has 170 valence electrons. The van der Waals surface area contributed by atoms with Crippen molar-refractivity contribution in [3.8, 4) is 0 Å². The van der Waals surface area contributed by atoms with Crippen LogP contribution in [0, 0.1) is 5.92 Å². The Balaban J connectivity index is 1.20. The van der Waals surface area contributed by atoms with Gasteiger partial charge >= 0.3 is 0 Å². The minimum absolute atomic E-state index is 0.00228. The highest BCUT2D eigenvalue weighted by Gasteiger charge is 2.39. The van der Waals surface area contributed by atoms with Crippen LogP contribution in [0.1, 0.15) is 70.6 Å². The van der Waals surface area contributed by atoms with Crippen molar-refractivity contribution in [2.45, 2.75) is 88.9 Å². The molecule has 0 aromatic carbocycles. The lowest BCUT2D eigenvalue weighted by atomic mass is 9.87. The van der Waals surface area contributed by atoms with Crippen LogP contribution in [0.25, 0.3) is 0 Å². The molecule has 3 unspecified atom stereocenters. The van der Waals surface area contributed by atoms with Gasteiger partial charge in [-0.2, -0.15) is 0 Å². The molecule has 30 heavy (non-hydrogen) atoms. The van der Waals surface area contributed by atoms with Crippen molar-refractivity contribution in [3.63, 3.8) is 0 Å². The third kappa shape index (κ3) is 7.21. The van der Waals surface area contributed by atoms with Crippen LogP contribution in [0.15, 0.2) is 0 Å². The average Bonchev–Trinajstić information content (AvgIpc) is 2.76. The SMILES string of the molecule is O=C(CCCC(=O)NC1CCCCC1)NCCCNC1NNC(=O)C2CCCNC12. The molecular formula is C21H38N6O3. The molecule has 3 rings (SSSR count). The lowest BCUT2D eigenvalue weighted by Gasteiger charge is -2.42. The predicted molar refractivity (Wildman–Crippen MR) is 114 cm³/mol. The Hall–Kier alpha value is -1.71. The Morgan fingerprint density at radius 1 is 0.933 bits per heavy atom. The molecule has 9 heteroatoms. The molecule has 2 heterocycles. The number of carbonyl (C=O) groups excluding carboxylic acids is 3. The molecule has 0 bridgehead atoms. The molecule has 3 fully saturated rings. The summed E-state index contributed by atoms with van der Waals surface area (Å²) in [6.45, 7) is 2.27. The van der Waals surface area contributed by atoms with Crippen molar-refractivity contribution >= 4 is 17.7 Å². The standard InChI is InChI=1S/C21H38N6O3/c28-17(10-4-11-18(29)25-15-7-2-1-3-8-15)22-13-6-14-24-20-19-16(9-5-12-23-19)21(30)27-26-20/h15-16,19-20,23-24,26H,1-14H2,(H,22,28)(H,25,29)(H,27,30). The Bertz CT molecular complexity index is 581. The van der Waals surface area contributed by atoms with Crippen LogP contribution >= 0.6 is 0 Å². The molecule has 0 spiro atoms. The molecule has 1 aliphatic carbocycles. The first kappa shape index (κ1) is 23.0. The lowest BCUT2D eigenvalue weighted by molar-refractivity contribution is -0.132. The van der Waals surface area contributed by atoms with Crippen LogP contribution in [0.5, 0.6) is 0 Å². The van der Waals surface area contributed by atoms with E-state index in [1.54, 1.807) is 0 Å². The van der Waals surface area contributed by atoms with Gasteiger partial charge in [0.25, 0.3) is 0 Å². The van der Waals surface area contributed by atoms with Crippen molar-refractivity contribution in [2.75, 3.05) is 19.6 Å². The first-order valence-corrected chi connectivity index (χ1v) is 11.7. The van der Waals surface area contributed by atoms with Gasteiger partial charge in [0.05, 0.1) is 12.1 Å². The molecule has 0 aromatic heterocycles. The second-order valence-electron chi connectivity index (χ2n) is 8.75. The van der Waals surface area contributed by atoms with Gasteiger partial charge in [-0.1, -0.05) is 19.3 Å². The zero-order chi connectivity index (χ0) is 21.2. The minimum atomic E-state index is -0.00798. The molecule has 3 atom stereocenters. The number of hydrogen-bond acceptors (Lipinski definition) is 6. The number of carbonyl (C=O) groups is 3. The topological polar surface area (TPSA) is 123 Å². The van der Waals surface area contributed by atoms with Gasteiger partial charge in [0.2, 0.25) is 17.7 Å². The van der Waals surface area contributed by atoms with Gasteiger partial charge in [-0.25, -0.2) is 5.43 Å². The molecule has 0 aromatic rings. The number of hydrazine groups is 1. The third-order valence-corrected chi connectivity index (χ3v) is 6.37. The second kappa shape index (κ2) is 12.2. The van der Waals surface area contributed by atoms with E-state index in [0.29, 0.717) is 31.8 Å². The fraction of sp³-hybridized carbons (Fsp3) is 0.857. The van der Waals surface area contributed by atoms with E-state index in [1.165, 1.54) is 19.3 Å². The molecule has 9 nitrogen and oxygen atoms in total. The molecular weight excluding hydrogens is 384 g/mol. The van der Waals surface area contributed by atoms with Gasteiger partial charge < -0.3 is 16.0 Å². The summed E-state index contributed by atoms with van der Waals surface area (Å²) in [6, 6.07) is 0.431. The van der Waals surface area contributed by atoms with Crippen LogP contribution in [-0.4, -0.2) is 55.6 Å². The molecule has 2 aliphatic heterocycles. The summed E-state index contributed by atoms with van der Waals surface area (Å²) in [5.41, 5.74) is 5.79. The predicted octanol–water partition coefficient (Wildman–Crippen LogP) is 0.0302. The Morgan fingerprint density at radius 3 is 2.57 bits per heavy atom. The maximum Gasteiger partial charge on any atom is 0.238 e. The highest BCUT2D eigenvalue weighted by molar-refractivity contribution is 5.80. The van der Waals surface area contributed by atoms with E-state index in [-0.39, 0.29) is 35.8 Å². The minimum Gasteiger partial charge on any atom is -0.356 e. The van der Waals surface area contributed by atoms with Crippen molar-refractivity contribution in [2.24, 2.45) is 5.92 Å². The van der Waals surface area contributed by atoms with Gasteiger partial charge in [0.15, 0.2) is 0 Å². The van der Waals surface area contributed by atoms with Gasteiger partial charge in [0, 0.05) is 31.5 Å². The number of piperidine rings is 1. The molecule has 2 saturated heterocycles.